The Labute approximate surface area is 171 Å². The van der Waals surface area contributed by atoms with Gasteiger partial charge >= 0.3 is 0 Å². The van der Waals surface area contributed by atoms with Gasteiger partial charge in [0.05, 0.1) is 11.1 Å². The molecule has 3 nitrogen and oxygen atoms in total. The quantitative estimate of drug-likeness (QED) is 0.587. The lowest BCUT2D eigenvalue weighted by molar-refractivity contribution is 0.104. The molecule has 28 heavy (non-hydrogen) atoms. The number of benzene rings is 2. The SMILES string of the molecule is CC[C@H](N)[C@]1(c2ccccc2)CC[C@H](Oc2cc3ccncc3cc2Cl)CC1. The van der Waals surface area contributed by atoms with Gasteiger partial charge in [0.15, 0.2) is 0 Å². The molecule has 1 heterocycles. The summed E-state index contributed by atoms with van der Waals surface area (Å²) in [6.45, 7) is 2.18. The van der Waals surface area contributed by atoms with Crippen LogP contribution in [0.5, 0.6) is 5.75 Å². The molecular weight excluding hydrogens is 368 g/mol. The van der Waals surface area contributed by atoms with Crippen LogP contribution >= 0.6 is 11.6 Å². The van der Waals surface area contributed by atoms with Gasteiger partial charge in [0.25, 0.3) is 0 Å². The van der Waals surface area contributed by atoms with Crippen LogP contribution in [0.15, 0.2) is 60.9 Å². The van der Waals surface area contributed by atoms with E-state index < -0.39 is 0 Å². The minimum absolute atomic E-state index is 0.0364. The van der Waals surface area contributed by atoms with Crippen molar-refractivity contribution in [1.29, 1.82) is 0 Å². The van der Waals surface area contributed by atoms with E-state index in [1.165, 1.54) is 5.56 Å². The van der Waals surface area contributed by atoms with Crippen molar-refractivity contribution in [3.05, 3.63) is 71.5 Å². The molecule has 3 aromatic rings. The van der Waals surface area contributed by atoms with Crippen LogP contribution in [0.3, 0.4) is 0 Å². The second-order valence-electron chi connectivity index (χ2n) is 7.86. The van der Waals surface area contributed by atoms with Crippen LogP contribution in [0, 0.1) is 0 Å². The zero-order chi connectivity index (χ0) is 19.6. The average Bonchev–Trinajstić information content (AvgIpc) is 2.75. The van der Waals surface area contributed by atoms with Gasteiger partial charge in [-0.25, -0.2) is 0 Å². The third-order valence-electron chi connectivity index (χ3n) is 6.31. The zero-order valence-corrected chi connectivity index (χ0v) is 17.0. The van der Waals surface area contributed by atoms with E-state index in [2.05, 4.69) is 42.2 Å². The highest BCUT2D eigenvalue weighted by Crippen LogP contribution is 2.44. The number of hydrogen-bond donors (Lipinski definition) is 1. The van der Waals surface area contributed by atoms with Crippen molar-refractivity contribution in [2.75, 3.05) is 0 Å². The number of rotatable bonds is 5. The van der Waals surface area contributed by atoms with Gasteiger partial charge in [-0.05, 0) is 61.3 Å². The van der Waals surface area contributed by atoms with E-state index in [1.807, 2.05) is 24.4 Å². The number of pyridine rings is 1. The number of ether oxygens (including phenoxy) is 1. The summed E-state index contributed by atoms with van der Waals surface area (Å²) in [4.78, 5) is 4.16. The van der Waals surface area contributed by atoms with E-state index in [9.17, 15) is 0 Å². The van der Waals surface area contributed by atoms with E-state index in [0.29, 0.717) is 5.02 Å². The van der Waals surface area contributed by atoms with Crippen molar-refractivity contribution in [3.8, 4) is 5.75 Å². The first-order valence-electron chi connectivity index (χ1n) is 10.1. The first-order valence-corrected chi connectivity index (χ1v) is 10.5. The molecule has 146 valence electrons. The van der Waals surface area contributed by atoms with Crippen molar-refractivity contribution in [1.82, 2.24) is 4.98 Å². The zero-order valence-electron chi connectivity index (χ0n) is 16.3. The molecule has 1 atom stereocenters. The van der Waals surface area contributed by atoms with Gasteiger partial charge in [0.1, 0.15) is 5.75 Å². The Morgan fingerprint density at radius 2 is 1.89 bits per heavy atom. The van der Waals surface area contributed by atoms with E-state index in [0.717, 1.165) is 48.6 Å². The molecule has 0 spiro atoms. The molecule has 1 aliphatic rings. The van der Waals surface area contributed by atoms with Crippen molar-refractivity contribution in [3.63, 3.8) is 0 Å². The fraction of sp³-hybridized carbons (Fsp3) is 0.375. The summed E-state index contributed by atoms with van der Waals surface area (Å²) >= 11 is 6.47. The Kier molecular flexibility index (Phi) is 5.56. The van der Waals surface area contributed by atoms with Crippen molar-refractivity contribution < 1.29 is 4.74 Å². The Hall–Kier alpha value is -2.10. The van der Waals surface area contributed by atoms with Crippen LogP contribution in [0.25, 0.3) is 10.8 Å². The second kappa shape index (κ2) is 8.10. The molecule has 0 radical (unpaired) electrons. The Bertz CT molecular complexity index is 936. The maximum atomic E-state index is 6.63. The molecule has 0 aliphatic heterocycles. The van der Waals surface area contributed by atoms with Crippen LogP contribution in [0.4, 0.5) is 0 Å². The molecular formula is C24H27ClN2O. The first kappa shape index (κ1) is 19.2. The van der Waals surface area contributed by atoms with Gasteiger partial charge in [-0.2, -0.15) is 0 Å². The molecule has 1 aliphatic carbocycles. The molecule has 0 amide bonds. The maximum Gasteiger partial charge on any atom is 0.138 e. The van der Waals surface area contributed by atoms with Crippen LogP contribution in [0.2, 0.25) is 5.02 Å². The summed E-state index contributed by atoms with van der Waals surface area (Å²) in [5.74, 6) is 0.761. The molecule has 2 N–H and O–H groups in total. The van der Waals surface area contributed by atoms with Gasteiger partial charge in [-0.1, -0.05) is 48.9 Å². The highest BCUT2D eigenvalue weighted by molar-refractivity contribution is 6.32. The van der Waals surface area contributed by atoms with Crippen LogP contribution in [-0.2, 0) is 5.41 Å². The minimum atomic E-state index is 0.0364. The predicted molar refractivity (Wildman–Crippen MR) is 116 cm³/mol. The Morgan fingerprint density at radius 1 is 1.14 bits per heavy atom. The van der Waals surface area contributed by atoms with Crippen molar-refractivity contribution in [2.45, 2.75) is 56.6 Å². The molecule has 1 aromatic heterocycles. The number of aromatic nitrogens is 1. The van der Waals surface area contributed by atoms with E-state index in [1.54, 1.807) is 6.20 Å². The molecule has 0 saturated heterocycles. The van der Waals surface area contributed by atoms with Gasteiger partial charge < -0.3 is 10.5 Å². The summed E-state index contributed by atoms with van der Waals surface area (Å²) in [5, 5.41) is 2.77. The normalized spacial score (nSPS) is 23.5. The van der Waals surface area contributed by atoms with Crippen LogP contribution in [-0.4, -0.2) is 17.1 Å². The number of nitrogens with zero attached hydrogens (tertiary/aromatic N) is 1. The second-order valence-corrected chi connectivity index (χ2v) is 8.27. The highest BCUT2D eigenvalue weighted by atomic mass is 35.5. The number of hydrogen-bond acceptors (Lipinski definition) is 3. The lowest BCUT2D eigenvalue weighted by Crippen LogP contribution is -2.48. The maximum absolute atomic E-state index is 6.63. The molecule has 0 bridgehead atoms. The topological polar surface area (TPSA) is 48.1 Å². The average molecular weight is 395 g/mol. The van der Waals surface area contributed by atoms with Crippen LogP contribution < -0.4 is 10.5 Å². The molecule has 1 saturated carbocycles. The smallest absolute Gasteiger partial charge is 0.138 e. The standard InChI is InChI=1S/C24H27ClN2O/c1-2-23(26)24(19-6-4-3-5-7-19)11-8-20(9-12-24)28-22-15-17-10-13-27-16-18(17)14-21(22)25/h3-7,10,13-16,20,23H,2,8-9,11-12,26H2,1H3/t20-,23-,24+/m0/s1. The predicted octanol–water partition coefficient (Wildman–Crippen LogP) is 5.88. The van der Waals surface area contributed by atoms with Crippen LogP contribution in [0.1, 0.15) is 44.6 Å². The Morgan fingerprint density at radius 3 is 2.61 bits per heavy atom. The lowest BCUT2D eigenvalue weighted by Gasteiger charge is -2.44. The summed E-state index contributed by atoms with van der Waals surface area (Å²) in [5.41, 5.74) is 8.03. The lowest BCUT2D eigenvalue weighted by atomic mass is 9.64. The van der Waals surface area contributed by atoms with E-state index >= 15 is 0 Å². The number of halogens is 1. The number of nitrogens with two attached hydrogens (primary N) is 1. The Balaban J connectivity index is 1.52. The summed E-state index contributed by atoms with van der Waals surface area (Å²) in [6.07, 6.45) is 8.79. The third kappa shape index (κ3) is 3.61. The third-order valence-corrected chi connectivity index (χ3v) is 6.60. The molecule has 4 heteroatoms. The van der Waals surface area contributed by atoms with Gasteiger partial charge in [-0.3, -0.25) is 4.98 Å². The van der Waals surface area contributed by atoms with E-state index in [-0.39, 0.29) is 17.6 Å². The molecule has 2 aromatic carbocycles. The first-order chi connectivity index (χ1) is 13.6. The van der Waals surface area contributed by atoms with Gasteiger partial charge in [-0.15, -0.1) is 0 Å². The highest BCUT2D eigenvalue weighted by Gasteiger charge is 2.41. The van der Waals surface area contributed by atoms with E-state index in [4.69, 9.17) is 22.1 Å². The molecule has 1 fully saturated rings. The fourth-order valence-corrected chi connectivity index (χ4v) is 4.83. The largest absolute Gasteiger partial charge is 0.489 e. The molecule has 0 unspecified atom stereocenters. The van der Waals surface area contributed by atoms with Gasteiger partial charge in [0.2, 0.25) is 0 Å². The van der Waals surface area contributed by atoms with Crippen molar-refractivity contribution >= 4 is 22.4 Å². The summed E-state index contributed by atoms with van der Waals surface area (Å²) < 4.78 is 6.34. The van der Waals surface area contributed by atoms with Gasteiger partial charge in [0, 0.05) is 29.2 Å². The minimum Gasteiger partial charge on any atom is -0.489 e. The summed E-state index contributed by atoms with van der Waals surface area (Å²) in [6, 6.07) is 16.9. The van der Waals surface area contributed by atoms with Crippen molar-refractivity contribution in [2.24, 2.45) is 5.73 Å². The monoisotopic (exact) mass is 394 g/mol. The number of fused-ring (bicyclic) bond motifs is 1. The summed E-state index contributed by atoms with van der Waals surface area (Å²) in [7, 11) is 0. The fourth-order valence-electron chi connectivity index (χ4n) is 4.62. The molecule has 4 rings (SSSR count).